The van der Waals surface area contributed by atoms with E-state index in [4.69, 9.17) is 4.74 Å². The van der Waals surface area contributed by atoms with Gasteiger partial charge in [-0.15, -0.1) is 0 Å². The van der Waals surface area contributed by atoms with E-state index in [1.165, 1.54) is 12.8 Å². The molecule has 0 radical (unpaired) electrons. The van der Waals surface area contributed by atoms with Gasteiger partial charge >= 0.3 is 0 Å². The molecular weight excluding hydrogens is 282 g/mol. The molecule has 94 valence electrons. The van der Waals surface area contributed by atoms with Crippen LogP contribution in [0.2, 0.25) is 0 Å². The first-order chi connectivity index (χ1) is 8.22. The molecule has 1 aromatic carbocycles. The Morgan fingerprint density at radius 1 is 1.41 bits per heavy atom. The van der Waals surface area contributed by atoms with E-state index in [0.717, 1.165) is 25.1 Å². The Labute approximate surface area is 110 Å². The Kier molecular flexibility index (Phi) is 4.29. The Bertz CT molecular complexity index is 389. The topological polar surface area (TPSA) is 41.5 Å². The van der Waals surface area contributed by atoms with Crippen molar-refractivity contribution in [1.29, 1.82) is 0 Å². The summed E-state index contributed by atoms with van der Waals surface area (Å²) in [5.74, 6) is 1.50. The summed E-state index contributed by atoms with van der Waals surface area (Å²) in [6.07, 6.45) is 3.37. The molecule has 2 N–H and O–H groups in total. The van der Waals surface area contributed by atoms with Crippen LogP contribution in [0.15, 0.2) is 16.6 Å². The van der Waals surface area contributed by atoms with E-state index in [0.29, 0.717) is 16.1 Å². The van der Waals surface area contributed by atoms with E-state index in [2.05, 4.69) is 21.2 Å². The summed E-state index contributed by atoms with van der Waals surface area (Å²) in [5.41, 5.74) is 1.10. The number of methoxy groups -OCH3 is 1. The van der Waals surface area contributed by atoms with Crippen molar-refractivity contribution in [1.82, 2.24) is 5.32 Å². The smallest absolute Gasteiger partial charge is 0.172 e. The van der Waals surface area contributed by atoms with Gasteiger partial charge in [-0.25, -0.2) is 0 Å². The molecule has 1 aliphatic heterocycles. The minimum atomic E-state index is 0.207. The Morgan fingerprint density at radius 3 is 2.76 bits per heavy atom. The second kappa shape index (κ2) is 5.74. The van der Waals surface area contributed by atoms with Gasteiger partial charge in [0.25, 0.3) is 0 Å². The number of hydrogen-bond donors (Lipinski definition) is 2. The highest BCUT2D eigenvalue weighted by molar-refractivity contribution is 9.10. The molecule has 1 aliphatic rings. The molecule has 0 bridgehead atoms. The lowest BCUT2D eigenvalue weighted by molar-refractivity contribution is 0.347. The molecule has 0 aliphatic carbocycles. The summed E-state index contributed by atoms with van der Waals surface area (Å²) in [6.45, 7) is 2.19. The van der Waals surface area contributed by atoms with Gasteiger partial charge in [-0.1, -0.05) is 6.07 Å². The van der Waals surface area contributed by atoms with E-state index in [9.17, 15) is 5.11 Å². The molecule has 1 aromatic rings. The van der Waals surface area contributed by atoms with E-state index in [1.54, 1.807) is 7.11 Å². The molecule has 3 nitrogen and oxygen atoms in total. The van der Waals surface area contributed by atoms with Crippen molar-refractivity contribution in [2.75, 3.05) is 20.2 Å². The molecule has 2 rings (SSSR count). The van der Waals surface area contributed by atoms with E-state index in [-0.39, 0.29) is 5.75 Å². The summed E-state index contributed by atoms with van der Waals surface area (Å²) in [6, 6.07) is 3.92. The standard InChI is InChI=1S/C13H18BrNO2/c1-17-13-10(2-3-11(14)12(13)16)8-9-4-6-15-7-5-9/h2-3,9,15-16H,4-8H2,1H3. The van der Waals surface area contributed by atoms with Crippen molar-refractivity contribution in [2.45, 2.75) is 19.3 Å². The van der Waals surface area contributed by atoms with Gasteiger partial charge in [0.2, 0.25) is 0 Å². The van der Waals surface area contributed by atoms with Crippen LogP contribution in [-0.2, 0) is 6.42 Å². The van der Waals surface area contributed by atoms with Gasteiger partial charge in [-0.2, -0.15) is 0 Å². The lowest BCUT2D eigenvalue weighted by Gasteiger charge is -2.23. The van der Waals surface area contributed by atoms with Crippen molar-refractivity contribution >= 4 is 15.9 Å². The summed E-state index contributed by atoms with van der Waals surface area (Å²) in [5, 5.41) is 13.3. The van der Waals surface area contributed by atoms with Gasteiger partial charge in [0, 0.05) is 0 Å². The second-order valence-corrected chi connectivity index (χ2v) is 5.34. The number of aromatic hydroxyl groups is 1. The maximum atomic E-state index is 9.92. The number of rotatable bonds is 3. The number of benzene rings is 1. The van der Waals surface area contributed by atoms with Crippen molar-refractivity contribution < 1.29 is 9.84 Å². The number of phenols is 1. The van der Waals surface area contributed by atoms with Crippen LogP contribution in [0.25, 0.3) is 0 Å². The molecule has 17 heavy (non-hydrogen) atoms. The minimum Gasteiger partial charge on any atom is -0.503 e. The van der Waals surface area contributed by atoms with Crippen LogP contribution < -0.4 is 10.1 Å². The molecule has 0 saturated carbocycles. The predicted octanol–water partition coefficient (Wildman–Crippen LogP) is 2.71. The third-order valence-corrected chi connectivity index (χ3v) is 3.98. The van der Waals surface area contributed by atoms with Crippen LogP contribution >= 0.6 is 15.9 Å². The molecular formula is C13H18BrNO2. The maximum absolute atomic E-state index is 9.92. The van der Waals surface area contributed by atoms with Gasteiger partial charge in [0.15, 0.2) is 11.5 Å². The lowest BCUT2D eigenvalue weighted by Crippen LogP contribution is -2.28. The Hall–Kier alpha value is -0.740. The third-order valence-electron chi connectivity index (χ3n) is 3.34. The highest BCUT2D eigenvalue weighted by Crippen LogP contribution is 2.38. The van der Waals surface area contributed by atoms with Crippen molar-refractivity contribution in [3.05, 3.63) is 22.2 Å². The third kappa shape index (κ3) is 2.93. The average molecular weight is 300 g/mol. The van der Waals surface area contributed by atoms with Crippen LogP contribution in [0.3, 0.4) is 0 Å². The molecule has 1 fully saturated rings. The fourth-order valence-corrected chi connectivity index (χ4v) is 2.69. The van der Waals surface area contributed by atoms with E-state index in [1.807, 2.05) is 12.1 Å². The largest absolute Gasteiger partial charge is 0.503 e. The number of nitrogens with one attached hydrogen (secondary N) is 1. The summed E-state index contributed by atoms with van der Waals surface area (Å²) in [4.78, 5) is 0. The summed E-state index contributed by atoms with van der Waals surface area (Å²) >= 11 is 3.31. The van der Waals surface area contributed by atoms with E-state index < -0.39 is 0 Å². The molecule has 1 saturated heterocycles. The van der Waals surface area contributed by atoms with Gasteiger partial charge in [0.05, 0.1) is 11.6 Å². The highest BCUT2D eigenvalue weighted by Gasteiger charge is 2.18. The van der Waals surface area contributed by atoms with Crippen molar-refractivity contribution in [3.63, 3.8) is 0 Å². The first kappa shape index (κ1) is 12.7. The van der Waals surface area contributed by atoms with Crippen LogP contribution in [0.4, 0.5) is 0 Å². The normalized spacial score (nSPS) is 17.1. The zero-order valence-corrected chi connectivity index (χ0v) is 11.6. The van der Waals surface area contributed by atoms with Crippen molar-refractivity contribution in [3.8, 4) is 11.5 Å². The van der Waals surface area contributed by atoms with Crippen LogP contribution in [0.5, 0.6) is 11.5 Å². The second-order valence-electron chi connectivity index (χ2n) is 4.49. The first-order valence-corrected chi connectivity index (χ1v) is 6.76. The number of phenolic OH excluding ortho intramolecular Hbond substituents is 1. The number of halogens is 1. The molecule has 4 heteroatoms. The number of ether oxygens (including phenoxy) is 1. The molecule has 0 unspecified atom stereocenters. The quantitative estimate of drug-likeness (QED) is 0.902. The average Bonchev–Trinajstić information content (AvgIpc) is 2.36. The number of hydrogen-bond acceptors (Lipinski definition) is 3. The van der Waals surface area contributed by atoms with Gasteiger partial charge in [-0.05, 0) is 65.8 Å². The Balaban J connectivity index is 2.17. The zero-order chi connectivity index (χ0) is 12.3. The van der Waals surface area contributed by atoms with Gasteiger partial charge in [0.1, 0.15) is 0 Å². The van der Waals surface area contributed by atoms with Crippen LogP contribution in [-0.4, -0.2) is 25.3 Å². The fraction of sp³-hybridized carbons (Fsp3) is 0.538. The fourth-order valence-electron chi connectivity index (χ4n) is 2.37. The highest BCUT2D eigenvalue weighted by atomic mass is 79.9. The van der Waals surface area contributed by atoms with E-state index >= 15 is 0 Å². The SMILES string of the molecule is COc1c(CC2CCNCC2)ccc(Br)c1O. The number of piperidine rings is 1. The monoisotopic (exact) mass is 299 g/mol. The molecule has 0 atom stereocenters. The predicted molar refractivity (Wildman–Crippen MR) is 71.7 cm³/mol. The first-order valence-electron chi connectivity index (χ1n) is 5.97. The molecule has 1 heterocycles. The summed E-state index contributed by atoms with van der Waals surface area (Å²) in [7, 11) is 1.60. The molecule has 0 spiro atoms. The molecule has 0 aromatic heterocycles. The zero-order valence-electron chi connectivity index (χ0n) is 10.0. The van der Waals surface area contributed by atoms with Crippen molar-refractivity contribution in [2.24, 2.45) is 5.92 Å². The maximum Gasteiger partial charge on any atom is 0.172 e. The molecule has 0 amide bonds. The Morgan fingerprint density at radius 2 is 2.12 bits per heavy atom. The van der Waals surface area contributed by atoms with Crippen LogP contribution in [0, 0.1) is 5.92 Å². The minimum absolute atomic E-state index is 0.207. The summed E-state index contributed by atoms with van der Waals surface area (Å²) < 4.78 is 5.99. The van der Waals surface area contributed by atoms with Crippen LogP contribution in [0.1, 0.15) is 18.4 Å². The lowest BCUT2D eigenvalue weighted by atomic mass is 9.90. The van der Waals surface area contributed by atoms with Gasteiger partial charge in [-0.3, -0.25) is 0 Å². The van der Waals surface area contributed by atoms with Gasteiger partial charge < -0.3 is 15.2 Å².